The van der Waals surface area contributed by atoms with Crippen molar-refractivity contribution in [2.24, 2.45) is 0 Å². The van der Waals surface area contributed by atoms with Crippen LogP contribution < -0.4 is 19.7 Å². The maximum atomic E-state index is 12.8. The highest BCUT2D eigenvalue weighted by atomic mass is 35.5. The van der Waals surface area contributed by atoms with Gasteiger partial charge in [0, 0.05) is 24.3 Å². The maximum absolute atomic E-state index is 12.8. The van der Waals surface area contributed by atoms with E-state index in [9.17, 15) is 4.79 Å². The Bertz CT molecular complexity index is 1120. The van der Waals surface area contributed by atoms with Crippen molar-refractivity contribution in [3.63, 3.8) is 0 Å². The van der Waals surface area contributed by atoms with Crippen molar-refractivity contribution in [1.29, 1.82) is 0 Å². The van der Waals surface area contributed by atoms with Gasteiger partial charge in [0.05, 0.1) is 29.1 Å². The molecule has 8 heteroatoms. The van der Waals surface area contributed by atoms with E-state index in [1.807, 2.05) is 26.0 Å². The number of hydrogen-bond donors (Lipinski definition) is 1. The Morgan fingerprint density at radius 3 is 2.58 bits per heavy atom. The SMILES string of the molecule is COc1cc(C(=O)Nc2ccc(N3CCCCC3)c(Cl)c2)ccc1OCc1c(C)noc1C. The summed E-state index contributed by atoms with van der Waals surface area (Å²) in [4.78, 5) is 15.1. The first-order valence-electron chi connectivity index (χ1n) is 11.0. The van der Waals surface area contributed by atoms with Crippen LogP contribution in [0.5, 0.6) is 11.5 Å². The number of piperidine rings is 1. The van der Waals surface area contributed by atoms with Crippen molar-refractivity contribution in [2.45, 2.75) is 39.7 Å². The number of aromatic nitrogens is 1. The monoisotopic (exact) mass is 469 g/mol. The van der Waals surface area contributed by atoms with E-state index in [0.29, 0.717) is 40.1 Å². The molecule has 174 valence electrons. The Morgan fingerprint density at radius 2 is 1.91 bits per heavy atom. The summed E-state index contributed by atoms with van der Waals surface area (Å²) < 4.78 is 16.5. The van der Waals surface area contributed by atoms with E-state index in [1.165, 1.54) is 19.3 Å². The van der Waals surface area contributed by atoms with Crippen LogP contribution in [0.2, 0.25) is 5.02 Å². The molecule has 0 saturated carbocycles. The second-order valence-electron chi connectivity index (χ2n) is 8.13. The van der Waals surface area contributed by atoms with Crippen LogP contribution in [0.3, 0.4) is 0 Å². The van der Waals surface area contributed by atoms with Crippen molar-refractivity contribution in [2.75, 3.05) is 30.4 Å². The molecular formula is C25H28ClN3O4. The smallest absolute Gasteiger partial charge is 0.255 e. The number of methoxy groups -OCH3 is 1. The van der Waals surface area contributed by atoms with Crippen LogP contribution in [0.25, 0.3) is 0 Å². The van der Waals surface area contributed by atoms with Crippen LogP contribution in [0.4, 0.5) is 11.4 Å². The van der Waals surface area contributed by atoms with E-state index in [0.717, 1.165) is 30.0 Å². The number of nitrogens with zero attached hydrogens (tertiary/aromatic N) is 2. The number of benzene rings is 2. The number of halogens is 1. The fourth-order valence-corrected chi connectivity index (χ4v) is 4.27. The molecule has 2 aromatic carbocycles. The minimum atomic E-state index is -0.257. The molecule has 4 rings (SSSR count). The summed E-state index contributed by atoms with van der Waals surface area (Å²) in [5, 5.41) is 7.48. The van der Waals surface area contributed by atoms with Crippen molar-refractivity contribution in [1.82, 2.24) is 5.16 Å². The zero-order valence-corrected chi connectivity index (χ0v) is 19.9. The van der Waals surface area contributed by atoms with Gasteiger partial charge in [0.1, 0.15) is 12.4 Å². The molecular weight excluding hydrogens is 442 g/mol. The first-order chi connectivity index (χ1) is 16.0. The Hall–Kier alpha value is -3.19. The van der Waals surface area contributed by atoms with Gasteiger partial charge in [-0.3, -0.25) is 4.79 Å². The van der Waals surface area contributed by atoms with E-state index < -0.39 is 0 Å². The molecule has 3 aromatic rings. The van der Waals surface area contributed by atoms with Gasteiger partial charge in [-0.25, -0.2) is 0 Å². The Kier molecular flexibility index (Phi) is 7.08. The number of rotatable bonds is 7. The number of ether oxygens (including phenoxy) is 2. The standard InChI is InChI=1S/C25H28ClN3O4/c1-16-20(17(2)33-28-16)15-32-23-10-7-18(13-24(23)31-3)25(30)27-19-8-9-22(21(26)14-19)29-11-5-4-6-12-29/h7-10,13-14H,4-6,11-12,15H2,1-3H3,(H,27,30). The predicted octanol–water partition coefficient (Wildman–Crippen LogP) is 5.78. The lowest BCUT2D eigenvalue weighted by atomic mass is 10.1. The van der Waals surface area contributed by atoms with Gasteiger partial charge in [0.2, 0.25) is 0 Å². The molecule has 1 fully saturated rings. The van der Waals surface area contributed by atoms with E-state index in [2.05, 4.69) is 15.4 Å². The Balaban J connectivity index is 1.44. The lowest BCUT2D eigenvalue weighted by molar-refractivity contribution is 0.102. The first kappa shape index (κ1) is 23.0. The van der Waals surface area contributed by atoms with Crippen LogP contribution >= 0.6 is 11.6 Å². The van der Waals surface area contributed by atoms with Crippen molar-refractivity contribution in [3.05, 3.63) is 64.0 Å². The molecule has 7 nitrogen and oxygen atoms in total. The minimum absolute atomic E-state index is 0.257. The lowest BCUT2D eigenvalue weighted by Gasteiger charge is -2.29. The number of amides is 1. The number of nitrogens with one attached hydrogen (secondary N) is 1. The number of carbonyl (C=O) groups excluding carboxylic acids is 1. The third kappa shape index (κ3) is 5.25. The van der Waals surface area contributed by atoms with Crippen molar-refractivity contribution >= 4 is 28.9 Å². The molecule has 0 radical (unpaired) electrons. The second-order valence-corrected chi connectivity index (χ2v) is 8.53. The fraction of sp³-hybridized carbons (Fsp3) is 0.360. The molecule has 0 atom stereocenters. The minimum Gasteiger partial charge on any atom is -0.493 e. The Labute approximate surface area is 198 Å². The second kappa shape index (κ2) is 10.2. The van der Waals surface area contributed by atoms with E-state index in [4.69, 9.17) is 25.6 Å². The molecule has 0 unspecified atom stereocenters. The van der Waals surface area contributed by atoms with Crippen LogP contribution in [0.15, 0.2) is 40.9 Å². The lowest BCUT2D eigenvalue weighted by Crippen LogP contribution is -2.29. The highest BCUT2D eigenvalue weighted by molar-refractivity contribution is 6.33. The van der Waals surface area contributed by atoms with Gasteiger partial charge in [0.15, 0.2) is 11.5 Å². The molecule has 1 saturated heterocycles. The van der Waals surface area contributed by atoms with Gasteiger partial charge < -0.3 is 24.2 Å². The van der Waals surface area contributed by atoms with Crippen LogP contribution in [0.1, 0.15) is 46.6 Å². The third-order valence-electron chi connectivity index (χ3n) is 5.88. The molecule has 2 heterocycles. The van der Waals surface area contributed by atoms with Gasteiger partial charge in [-0.05, 0) is 69.5 Å². The quantitative estimate of drug-likeness (QED) is 0.473. The molecule has 0 bridgehead atoms. The number of hydrogen-bond acceptors (Lipinski definition) is 6. The molecule has 0 spiro atoms. The van der Waals surface area contributed by atoms with E-state index in [-0.39, 0.29) is 5.91 Å². The highest BCUT2D eigenvalue weighted by Gasteiger charge is 2.17. The molecule has 0 aliphatic carbocycles. The molecule has 1 amide bonds. The third-order valence-corrected chi connectivity index (χ3v) is 6.18. The summed E-state index contributed by atoms with van der Waals surface area (Å²) in [6.45, 7) is 6.02. The summed E-state index contributed by atoms with van der Waals surface area (Å²) >= 11 is 6.52. The zero-order valence-electron chi connectivity index (χ0n) is 19.1. The van der Waals surface area contributed by atoms with Crippen LogP contribution in [-0.2, 0) is 6.61 Å². The normalized spacial score (nSPS) is 13.6. The predicted molar refractivity (Wildman–Crippen MR) is 129 cm³/mol. The van der Waals surface area contributed by atoms with Gasteiger partial charge in [0.25, 0.3) is 5.91 Å². The maximum Gasteiger partial charge on any atom is 0.255 e. The van der Waals surface area contributed by atoms with Crippen molar-refractivity contribution in [3.8, 4) is 11.5 Å². The Morgan fingerprint density at radius 1 is 1.12 bits per heavy atom. The summed E-state index contributed by atoms with van der Waals surface area (Å²) in [7, 11) is 1.54. The van der Waals surface area contributed by atoms with Gasteiger partial charge in [-0.2, -0.15) is 0 Å². The molecule has 1 aliphatic rings. The average molecular weight is 470 g/mol. The summed E-state index contributed by atoms with van der Waals surface area (Å²) in [5.74, 6) is 1.45. The van der Waals surface area contributed by atoms with Gasteiger partial charge >= 0.3 is 0 Å². The van der Waals surface area contributed by atoms with Crippen LogP contribution in [-0.4, -0.2) is 31.3 Å². The highest BCUT2D eigenvalue weighted by Crippen LogP contribution is 2.32. The largest absolute Gasteiger partial charge is 0.493 e. The summed E-state index contributed by atoms with van der Waals surface area (Å²) in [6.07, 6.45) is 3.61. The summed E-state index contributed by atoms with van der Waals surface area (Å²) in [6, 6.07) is 10.7. The zero-order chi connectivity index (χ0) is 23.4. The number of carbonyl (C=O) groups is 1. The summed E-state index contributed by atoms with van der Waals surface area (Å²) in [5.41, 5.74) is 3.78. The molecule has 33 heavy (non-hydrogen) atoms. The average Bonchev–Trinajstić information content (AvgIpc) is 3.15. The topological polar surface area (TPSA) is 76.8 Å². The van der Waals surface area contributed by atoms with Gasteiger partial charge in [-0.1, -0.05) is 16.8 Å². The number of anilines is 2. The molecule has 1 N–H and O–H groups in total. The molecule has 1 aliphatic heterocycles. The fourth-order valence-electron chi connectivity index (χ4n) is 3.97. The van der Waals surface area contributed by atoms with E-state index in [1.54, 1.807) is 31.4 Å². The van der Waals surface area contributed by atoms with Crippen LogP contribution in [0, 0.1) is 13.8 Å². The number of aryl methyl sites for hydroxylation is 2. The molecule has 1 aromatic heterocycles. The first-order valence-corrected chi connectivity index (χ1v) is 11.4. The van der Waals surface area contributed by atoms with Gasteiger partial charge in [-0.15, -0.1) is 0 Å². The van der Waals surface area contributed by atoms with Crippen molar-refractivity contribution < 1.29 is 18.8 Å². The van der Waals surface area contributed by atoms with E-state index >= 15 is 0 Å².